The second-order valence-electron chi connectivity index (χ2n) is 6.03. The Kier molecular flexibility index (Phi) is 5.70. The summed E-state index contributed by atoms with van der Waals surface area (Å²) in [4.78, 5) is 4.92. The van der Waals surface area contributed by atoms with E-state index in [2.05, 4.69) is 74.3 Å². The van der Waals surface area contributed by atoms with Gasteiger partial charge in [-0.1, -0.05) is 42.5 Å². The molecule has 3 rings (SSSR count). The Morgan fingerprint density at radius 1 is 1.00 bits per heavy atom. The van der Waals surface area contributed by atoms with E-state index in [1.54, 1.807) is 0 Å². The van der Waals surface area contributed by atoms with Crippen molar-refractivity contribution in [3.05, 3.63) is 64.6 Å². The highest BCUT2D eigenvalue weighted by molar-refractivity contribution is 9.10. The number of benzene rings is 2. The van der Waals surface area contributed by atoms with E-state index in [-0.39, 0.29) is 6.61 Å². The third-order valence-electron chi connectivity index (χ3n) is 4.44. The van der Waals surface area contributed by atoms with Crippen LogP contribution in [0.25, 0.3) is 0 Å². The molecule has 2 aromatic carbocycles. The number of anilines is 1. The van der Waals surface area contributed by atoms with Crippen LogP contribution in [0.1, 0.15) is 12.0 Å². The van der Waals surface area contributed by atoms with Gasteiger partial charge in [-0.2, -0.15) is 0 Å². The van der Waals surface area contributed by atoms with Crippen LogP contribution in [-0.2, 0) is 6.54 Å². The van der Waals surface area contributed by atoms with Gasteiger partial charge >= 0.3 is 0 Å². The zero-order valence-corrected chi connectivity index (χ0v) is 14.8. The van der Waals surface area contributed by atoms with Crippen molar-refractivity contribution in [3.63, 3.8) is 0 Å². The lowest BCUT2D eigenvalue weighted by Crippen LogP contribution is -2.53. The maximum Gasteiger partial charge on any atom is 0.0514 e. The van der Waals surface area contributed by atoms with Crippen molar-refractivity contribution < 1.29 is 5.11 Å². The fourth-order valence-corrected chi connectivity index (χ4v) is 3.82. The molecule has 1 unspecified atom stereocenters. The Morgan fingerprint density at radius 3 is 2.48 bits per heavy atom. The standard InChI is InChI=1S/C19H23BrN2O/c20-18-8-4-5-9-19(18)22-12-11-21(15-17(22)10-13-23)14-16-6-2-1-3-7-16/h1-9,17,23H,10-15H2. The molecule has 1 atom stereocenters. The topological polar surface area (TPSA) is 26.7 Å². The number of halogens is 1. The molecule has 1 fully saturated rings. The van der Waals surface area contributed by atoms with Gasteiger partial charge in [0.1, 0.15) is 0 Å². The third-order valence-corrected chi connectivity index (χ3v) is 5.11. The Labute approximate surface area is 146 Å². The van der Waals surface area contributed by atoms with Crippen LogP contribution >= 0.6 is 15.9 Å². The predicted octanol–water partition coefficient (Wildman–Crippen LogP) is 3.52. The molecule has 122 valence electrons. The summed E-state index contributed by atoms with van der Waals surface area (Å²) in [5.41, 5.74) is 2.58. The summed E-state index contributed by atoms with van der Waals surface area (Å²) in [6.45, 7) is 4.21. The molecule has 0 bridgehead atoms. The van der Waals surface area contributed by atoms with E-state index < -0.39 is 0 Å². The Bertz CT molecular complexity index is 620. The first kappa shape index (κ1) is 16.5. The van der Waals surface area contributed by atoms with Crippen molar-refractivity contribution in [2.45, 2.75) is 19.0 Å². The number of aliphatic hydroxyl groups is 1. The SMILES string of the molecule is OCCC1CN(Cc2ccccc2)CCN1c1ccccc1Br. The molecule has 1 N–H and O–H groups in total. The van der Waals surface area contributed by atoms with Crippen LogP contribution < -0.4 is 4.90 Å². The van der Waals surface area contributed by atoms with E-state index in [0.717, 1.165) is 37.1 Å². The number of hydrogen-bond donors (Lipinski definition) is 1. The first-order valence-electron chi connectivity index (χ1n) is 8.16. The Balaban J connectivity index is 1.72. The summed E-state index contributed by atoms with van der Waals surface area (Å²) in [7, 11) is 0. The molecule has 0 aliphatic carbocycles. The van der Waals surface area contributed by atoms with Gasteiger partial charge in [0.05, 0.1) is 5.69 Å². The quantitative estimate of drug-likeness (QED) is 0.866. The number of piperazine rings is 1. The molecule has 1 aliphatic heterocycles. The van der Waals surface area contributed by atoms with E-state index in [1.807, 2.05) is 6.07 Å². The second-order valence-corrected chi connectivity index (χ2v) is 6.89. The molecule has 0 amide bonds. The molecule has 0 aromatic heterocycles. The highest BCUT2D eigenvalue weighted by Crippen LogP contribution is 2.30. The molecule has 0 saturated carbocycles. The van der Waals surface area contributed by atoms with Crippen molar-refractivity contribution in [2.75, 3.05) is 31.1 Å². The fourth-order valence-electron chi connectivity index (χ4n) is 3.30. The summed E-state index contributed by atoms with van der Waals surface area (Å²) in [6, 6.07) is 19.3. The molecule has 0 spiro atoms. The lowest BCUT2D eigenvalue weighted by Gasteiger charge is -2.43. The minimum absolute atomic E-state index is 0.227. The molecule has 23 heavy (non-hydrogen) atoms. The van der Waals surface area contributed by atoms with Gasteiger partial charge in [-0.25, -0.2) is 0 Å². The first-order valence-corrected chi connectivity index (χ1v) is 8.95. The van der Waals surface area contributed by atoms with E-state index in [4.69, 9.17) is 0 Å². The van der Waals surface area contributed by atoms with Crippen molar-refractivity contribution in [3.8, 4) is 0 Å². The molecule has 4 heteroatoms. The van der Waals surface area contributed by atoms with Crippen LogP contribution in [0.4, 0.5) is 5.69 Å². The van der Waals surface area contributed by atoms with Crippen molar-refractivity contribution in [1.29, 1.82) is 0 Å². The number of para-hydroxylation sites is 1. The zero-order valence-electron chi connectivity index (χ0n) is 13.2. The van der Waals surface area contributed by atoms with Crippen LogP contribution in [0.15, 0.2) is 59.1 Å². The summed E-state index contributed by atoms with van der Waals surface area (Å²) in [6.07, 6.45) is 0.798. The third kappa shape index (κ3) is 4.14. The fraction of sp³-hybridized carbons (Fsp3) is 0.368. The maximum absolute atomic E-state index is 9.47. The minimum Gasteiger partial charge on any atom is -0.396 e. The second kappa shape index (κ2) is 7.95. The van der Waals surface area contributed by atoms with E-state index in [9.17, 15) is 5.11 Å². The molecule has 0 radical (unpaired) electrons. The van der Waals surface area contributed by atoms with E-state index in [1.165, 1.54) is 11.3 Å². The van der Waals surface area contributed by atoms with E-state index >= 15 is 0 Å². The van der Waals surface area contributed by atoms with Gasteiger partial charge in [0.15, 0.2) is 0 Å². The largest absolute Gasteiger partial charge is 0.396 e. The minimum atomic E-state index is 0.227. The number of nitrogens with zero attached hydrogens (tertiary/aromatic N) is 2. The van der Waals surface area contributed by atoms with Gasteiger partial charge in [-0.15, -0.1) is 0 Å². The summed E-state index contributed by atoms with van der Waals surface area (Å²) in [5.74, 6) is 0. The first-order chi connectivity index (χ1) is 11.3. The van der Waals surface area contributed by atoms with Crippen molar-refractivity contribution >= 4 is 21.6 Å². The Morgan fingerprint density at radius 2 is 1.74 bits per heavy atom. The summed E-state index contributed by atoms with van der Waals surface area (Å²) < 4.78 is 1.12. The molecule has 1 saturated heterocycles. The van der Waals surface area contributed by atoms with Crippen LogP contribution in [0.2, 0.25) is 0 Å². The van der Waals surface area contributed by atoms with Gasteiger partial charge < -0.3 is 10.0 Å². The van der Waals surface area contributed by atoms with Gasteiger partial charge in [0, 0.05) is 43.3 Å². The summed E-state index contributed by atoms with van der Waals surface area (Å²) >= 11 is 3.66. The van der Waals surface area contributed by atoms with Gasteiger partial charge in [-0.05, 0) is 40.0 Å². The number of hydrogen-bond acceptors (Lipinski definition) is 3. The number of rotatable bonds is 5. The van der Waals surface area contributed by atoms with Gasteiger partial charge in [0.2, 0.25) is 0 Å². The van der Waals surface area contributed by atoms with Crippen LogP contribution in [0.5, 0.6) is 0 Å². The monoisotopic (exact) mass is 374 g/mol. The molecule has 2 aromatic rings. The summed E-state index contributed by atoms with van der Waals surface area (Å²) in [5, 5.41) is 9.47. The van der Waals surface area contributed by atoms with Crippen LogP contribution in [-0.4, -0.2) is 42.3 Å². The highest BCUT2D eigenvalue weighted by atomic mass is 79.9. The molecule has 1 heterocycles. The normalized spacial score (nSPS) is 19.0. The number of aliphatic hydroxyl groups excluding tert-OH is 1. The molecule has 1 aliphatic rings. The van der Waals surface area contributed by atoms with Crippen molar-refractivity contribution in [2.24, 2.45) is 0 Å². The lowest BCUT2D eigenvalue weighted by molar-refractivity contribution is 0.188. The van der Waals surface area contributed by atoms with E-state index in [0.29, 0.717) is 6.04 Å². The molecular weight excluding hydrogens is 352 g/mol. The van der Waals surface area contributed by atoms with Crippen LogP contribution in [0.3, 0.4) is 0 Å². The zero-order chi connectivity index (χ0) is 16.1. The predicted molar refractivity (Wildman–Crippen MR) is 98.7 cm³/mol. The van der Waals surface area contributed by atoms with Crippen molar-refractivity contribution in [1.82, 2.24) is 4.90 Å². The smallest absolute Gasteiger partial charge is 0.0514 e. The molecule has 3 nitrogen and oxygen atoms in total. The van der Waals surface area contributed by atoms with Gasteiger partial charge in [-0.3, -0.25) is 4.90 Å². The maximum atomic E-state index is 9.47. The highest BCUT2D eigenvalue weighted by Gasteiger charge is 2.27. The average Bonchev–Trinajstić information content (AvgIpc) is 2.57. The Hall–Kier alpha value is -1.36. The molecular formula is C19H23BrN2O. The average molecular weight is 375 g/mol. The van der Waals surface area contributed by atoms with Crippen LogP contribution in [0, 0.1) is 0 Å². The van der Waals surface area contributed by atoms with Gasteiger partial charge in [0.25, 0.3) is 0 Å². The lowest BCUT2D eigenvalue weighted by atomic mass is 10.1.